The maximum absolute atomic E-state index is 12.4. The van der Waals surface area contributed by atoms with E-state index in [9.17, 15) is 14.4 Å². The molecule has 0 atom stereocenters. The van der Waals surface area contributed by atoms with Crippen LogP contribution in [0.1, 0.15) is 44.6 Å². The molecule has 1 N–H and O–H groups in total. The fourth-order valence-electron chi connectivity index (χ4n) is 3.06. The average molecular weight is 395 g/mol. The van der Waals surface area contributed by atoms with Crippen molar-refractivity contribution >= 4 is 17.5 Å². The van der Waals surface area contributed by atoms with E-state index in [1.165, 1.54) is 6.92 Å². The molecule has 2 heterocycles. The van der Waals surface area contributed by atoms with Gasteiger partial charge in [-0.05, 0) is 38.5 Å². The van der Waals surface area contributed by atoms with Crippen LogP contribution in [0.5, 0.6) is 0 Å². The number of Topliss-reactive ketones (excluding diaryl/α,β-unsaturated/α-hetero) is 2. The number of carbonyl (C=O) groups is 3. The Morgan fingerprint density at radius 3 is 2.41 bits per heavy atom. The van der Waals surface area contributed by atoms with Crippen LogP contribution < -0.4 is 0 Å². The summed E-state index contributed by atoms with van der Waals surface area (Å²) < 4.78 is 5.04. The first kappa shape index (κ1) is 20.1. The molecule has 0 amide bonds. The molecule has 150 valence electrons. The second kappa shape index (κ2) is 8.17. The summed E-state index contributed by atoms with van der Waals surface area (Å²) in [5.74, 6) is -0.825. The number of H-pyrrole nitrogens is 1. The summed E-state index contributed by atoms with van der Waals surface area (Å²) in [6.45, 7) is 6.09. The molecule has 3 aromatic rings. The molecular weight excluding hydrogens is 374 g/mol. The highest BCUT2D eigenvalue weighted by Gasteiger charge is 2.21. The van der Waals surface area contributed by atoms with E-state index in [2.05, 4.69) is 20.4 Å². The molecule has 0 aliphatic rings. The summed E-state index contributed by atoms with van der Waals surface area (Å²) in [5, 5.41) is 11.9. The molecule has 0 fully saturated rings. The Labute approximate surface area is 167 Å². The third-order valence-electron chi connectivity index (χ3n) is 4.47. The van der Waals surface area contributed by atoms with Crippen molar-refractivity contribution in [3.8, 4) is 11.4 Å². The Hall–Kier alpha value is -3.62. The molecule has 9 heteroatoms. The molecule has 0 aliphatic carbocycles. The zero-order valence-electron chi connectivity index (χ0n) is 16.6. The number of ether oxygens (including phenoxy) is 1. The number of aromatic amines is 1. The Bertz CT molecular complexity index is 1080. The van der Waals surface area contributed by atoms with Crippen molar-refractivity contribution in [2.24, 2.45) is 0 Å². The van der Waals surface area contributed by atoms with Gasteiger partial charge in [-0.15, -0.1) is 10.2 Å². The number of tetrazole rings is 1. The van der Waals surface area contributed by atoms with Gasteiger partial charge in [0.05, 0.1) is 5.69 Å². The number of nitrogens with zero attached hydrogens (tertiary/aromatic N) is 4. The zero-order chi connectivity index (χ0) is 21.1. The standard InChI is InChI=1S/C20H21N5O4/c1-11-5-7-15(8-6-11)20-22-24-25(23-20)9-17(28)29-10-16(27)19-12(2)18(14(4)26)13(3)21-19/h5-8,21H,9-10H2,1-4H3. The van der Waals surface area contributed by atoms with Crippen LogP contribution >= 0.6 is 0 Å². The van der Waals surface area contributed by atoms with Crippen LogP contribution in [0.25, 0.3) is 11.4 Å². The minimum Gasteiger partial charge on any atom is -0.456 e. The van der Waals surface area contributed by atoms with Crippen LogP contribution in [-0.4, -0.2) is 49.3 Å². The predicted molar refractivity (Wildman–Crippen MR) is 104 cm³/mol. The van der Waals surface area contributed by atoms with E-state index < -0.39 is 18.4 Å². The van der Waals surface area contributed by atoms with Crippen LogP contribution in [0.15, 0.2) is 24.3 Å². The van der Waals surface area contributed by atoms with Crippen LogP contribution in [0.3, 0.4) is 0 Å². The quantitative estimate of drug-likeness (QED) is 0.481. The Balaban J connectivity index is 1.59. The van der Waals surface area contributed by atoms with Crippen molar-refractivity contribution in [1.29, 1.82) is 0 Å². The summed E-state index contributed by atoms with van der Waals surface area (Å²) >= 11 is 0. The second-order valence-corrected chi connectivity index (χ2v) is 6.77. The molecule has 1 aromatic carbocycles. The van der Waals surface area contributed by atoms with Crippen LogP contribution in [0, 0.1) is 20.8 Å². The molecule has 0 bridgehead atoms. The number of esters is 1. The highest BCUT2D eigenvalue weighted by atomic mass is 16.5. The third kappa shape index (κ3) is 4.45. The number of aryl methyl sites for hydroxylation is 2. The lowest BCUT2D eigenvalue weighted by Crippen LogP contribution is -2.20. The van der Waals surface area contributed by atoms with E-state index in [-0.39, 0.29) is 18.0 Å². The second-order valence-electron chi connectivity index (χ2n) is 6.77. The first-order valence-electron chi connectivity index (χ1n) is 9.00. The molecule has 0 saturated carbocycles. The van der Waals surface area contributed by atoms with Gasteiger partial charge in [-0.3, -0.25) is 9.59 Å². The summed E-state index contributed by atoms with van der Waals surface area (Å²) in [7, 11) is 0. The minimum absolute atomic E-state index is 0.131. The first-order chi connectivity index (χ1) is 13.8. The lowest BCUT2D eigenvalue weighted by molar-refractivity contribution is -0.143. The van der Waals surface area contributed by atoms with E-state index >= 15 is 0 Å². The molecule has 0 unspecified atom stereocenters. The number of hydrogen-bond donors (Lipinski definition) is 1. The molecule has 29 heavy (non-hydrogen) atoms. The van der Waals surface area contributed by atoms with Gasteiger partial charge >= 0.3 is 5.97 Å². The maximum Gasteiger partial charge on any atom is 0.330 e. The molecule has 9 nitrogen and oxygen atoms in total. The van der Waals surface area contributed by atoms with Crippen LogP contribution in [0.4, 0.5) is 0 Å². The maximum atomic E-state index is 12.4. The zero-order valence-corrected chi connectivity index (χ0v) is 16.6. The van der Waals surface area contributed by atoms with Gasteiger partial charge in [0, 0.05) is 16.8 Å². The smallest absolute Gasteiger partial charge is 0.330 e. The Kier molecular flexibility index (Phi) is 5.67. The summed E-state index contributed by atoms with van der Waals surface area (Å²) in [6.07, 6.45) is 0. The van der Waals surface area contributed by atoms with Crippen molar-refractivity contribution in [3.05, 3.63) is 52.3 Å². The number of aromatic nitrogens is 5. The van der Waals surface area contributed by atoms with Gasteiger partial charge in [0.25, 0.3) is 0 Å². The van der Waals surface area contributed by atoms with Gasteiger partial charge < -0.3 is 9.72 Å². The van der Waals surface area contributed by atoms with E-state index in [1.807, 2.05) is 31.2 Å². The van der Waals surface area contributed by atoms with Gasteiger partial charge in [0.1, 0.15) is 0 Å². The molecule has 0 aliphatic heterocycles. The van der Waals surface area contributed by atoms with Gasteiger partial charge in [0.15, 0.2) is 18.9 Å². The van der Waals surface area contributed by atoms with Gasteiger partial charge in [-0.25, -0.2) is 4.79 Å². The number of rotatable bonds is 7. The fraction of sp³-hybridized carbons (Fsp3) is 0.300. The van der Waals surface area contributed by atoms with Gasteiger partial charge in [-0.2, -0.15) is 4.80 Å². The van der Waals surface area contributed by atoms with Crippen molar-refractivity contribution < 1.29 is 19.1 Å². The fourth-order valence-corrected chi connectivity index (χ4v) is 3.06. The number of hydrogen-bond acceptors (Lipinski definition) is 7. The topological polar surface area (TPSA) is 120 Å². The Morgan fingerprint density at radius 2 is 1.79 bits per heavy atom. The van der Waals surface area contributed by atoms with Crippen molar-refractivity contribution in [3.63, 3.8) is 0 Å². The van der Waals surface area contributed by atoms with Crippen LogP contribution in [0.2, 0.25) is 0 Å². The summed E-state index contributed by atoms with van der Waals surface area (Å²) in [4.78, 5) is 40.1. The highest BCUT2D eigenvalue weighted by molar-refractivity contribution is 6.04. The predicted octanol–water partition coefficient (Wildman–Crippen LogP) is 2.22. The molecule has 0 saturated heterocycles. The SMILES string of the molecule is CC(=O)c1c(C)[nH]c(C(=O)COC(=O)Cn2nnc(-c3ccc(C)cc3)n2)c1C. The molecule has 3 rings (SSSR count). The van der Waals surface area contributed by atoms with E-state index in [1.54, 1.807) is 13.8 Å². The lowest BCUT2D eigenvalue weighted by atomic mass is 10.1. The molecule has 2 aromatic heterocycles. The first-order valence-corrected chi connectivity index (χ1v) is 9.00. The number of carbonyl (C=O) groups excluding carboxylic acids is 3. The molecule has 0 spiro atoms. The molecule has 0 radical (unpaired) electrons. The van der Waals surface area contributed by atoms with E-state index in [0.29, 0.717) is 22.6 Å². The molecular formula is C20H21N5O4. The van der Waals surface area contributed by atoms with Crippen molar-refractivity contribution in [1.82, 2.24) is 25.2 Å². The van der Waals surface area contributed by atoms with Crippen molar-refractivity contribution in [2.75, 3.05) is 6.61 Å². The van der Waals surface area contributed by atoms with Gasteiger partial charge in [0.2, 0.25) is 11.6 Å². The minimum atomic E-state index is -0.668. The lowest BCUT2D eigenvalue weighted by Gasteiger charge is -2.04. The van der Waals surface area contributed by atoms with Gasteiger partial charge in [-0.1, -0.05) is 29.8 Å². The number of nitrogens with one attached hydrogen (secondary N) is 1. The largest absolute Gasteiger partial charge is 0.456 e. The Morgan fingerprint density at radius 1 is 1.10 bits per heavy atom. The van der Waals surface area contributed by atoms with Crippen molar-refractivity contribution in [2.45, 2.75) is 34.2 Å². The average Bonchev–Trinajstić information content (AvgIpc) is 3.24. The summed E-state index contributed by atoms with van der Waals surface area (Å²) in [6, 6.07) is 7.59. The number of benzene rings is 1. The monoisotopic (exact) mass is 395 g/mol. The van der Waals surface area contributed by atoms with E-state index in [4.69, 9.17) is 4.74 Å². The van der Waals surface area contributed by atoms with E-state index in [0.717, 1.165) is 15.9 Å². The van der Waals surface area contributed by atoms with Crippen LogP contribution in [-0.2, 0) is 16.1 Å². The highest BCUT2D eigenvalue weighted by Crippen LogP contribution is 2.19. The summed E-state index contributed by atoms with van der Waals surface area (Å²) in [5.41, 5.74) is 3.80. The normalized spacial score (nSPS) is 10.8. The third-order valence-corrected chi connectivity index (χ3v) is 4.47. The number of ketones is 2.